The van der Waals surface area contributed by atoms with E-state index >= 15 is 0 Å². The summed E-state index contributed by atoms with van der Waals surface area (Å²) in [6, 6.07) is 0. The second-order valence-electron chi connectivity index (χ2n) is 4.98. The van der Waals surface area contributed by atoms with Crippen molar-refractivity contribution >= 4 is 0 Å². The molecule has 2 aliphatic carbocycles. The first-order valence-electron chi connectivity index (χ1n) is 5.62. The van der Waals surface area contributed by atoms with Gasteiger partial charge in [-0.25, -0.2) is 0 Å². The molecule has 0 radical (unpaired) electrons. The Hall–Kier alpha value is -0.520. The van der Waals surface area contributed by atoms with E-state index in [1.807, 2.05) is 0 Å². The molecule has 13 heavy (non-hydrogen) atoms. The highest BCUT2D eigenvalue weighted by Gasteiger charge is 2.33. The van der Waals surface area contributed by atoms with Gasteiger partial charge in [0, 0.05) is 0 Å². The highest BCUT2D eigenvalue weighted by molar-refractivity contribution is 5.17. The van der Waals surface area contributed by atoms with Crippen LogP contribution in [-0.2, 0) is 0 Å². The van der Waals surface area contributed by atoms with Crippen molar-refractivity contribution in [3.8, 4) is 0 Å². The SMILES string of the molecule is CC(C)CC1CCC2C=CC=CC21. The van der Waals surface area contributed by atoms with Crippen molar-refractivity contribution in [3.63, 3.8) is 0 Å². The van der Waals surface area contributed by atoms with Crippen LogP contribution in [0, 0.1) is 23.7 Å². The first kappa shape index (κ1) is 9.05. The van der Waals surface area contributed by atoms with Crippen LogP contribution in [0.15, 0.2) is 24.3 Å². The van der Waals surface area contributed by atoms with Gasteiger partial charge in [0.15, 0.2) is 0 Å². The van der Waals surface area contributed by atoms with Crippen molar-refractivity contribution in [1.82, 2.24) is 0 Å². The number of hydrogen-bond donors (Lipinski definition) is 0. The van der Waals surface area contributed by atoms with Gasteiger partial charge in [-0.15, -0.1) is 0 Å². The molecule has 0 N–H and O–H groups in total. The van der Waals surface area contributed by atoms with Gasteiger partial charge in [0.2, 0.25) is 0 Å². The minimum atomic E-state index is 0.864. The van der Waals surface area contributed by atoms with Gasteiger partial charge in [-0.3, -0.25) is 0 Å². The summed E-state index contributed by atoms with van der Waals surface area (Å²) >= 11 is 0. The molecule has 3 unspecified atom stereocenters. The lowest BCUT2D eigenvalue weighted by Gasteiger charge is -2.23. The first-order valence-corrected chi connectivity index (χ1v) is 5.62. The van der Waals surface area contributed by atoms with Gasteiger partial charge in [-0.2, -0.15) is 0 Å². The number of rotatable bonds is 2. The topological polar surface area (TPSA) is 0 Å². The molecule has 0 spiro atoms. The summed E-state index contributed by atoms with van der Waals surface area (Å²) < 4.78 is 0. The van der Waals surface area contributed by atoms with Crippen LogP contribution in [0.4, 0.5) is 0 Å². The molecule has 72 valence electrons. The van der Waals surface area contributed by atoms with Crippen LogP contribution in [0.25, 0.3) is 0 Å². The maximum atomic E-state index is 2.44. The summed E-state index contributed by atoms with van der Waals surface area (Å²) in [7, 11) is 0. The molecular weight excluding hydrogens is 156 g/mol. The lowest BCUT2D eigenvalue weighted by atomic mass is 9.82. The Bertz CT molecular complexity index is 222. The molecule has 2 rings (SSSR count). The van der Waals surface area contributed by atoms with E-state index in [4.69, 9.17) is 0 Å². The quantitative estimate of drug-likeness (QED) is 0.600. The third kappa shape index (κ3) is 1.87. The zero-order valence-electron chi connectivity index (χ0n) is 8.74. The Kier molecular flexibility index (Phi) is 2.57. The molecule has 0 nitrogen and oxygen atoms in total. The molecule has 0 bridgehead atoms. The van der Waals surface area contributed by atoms with Crippen molar-refractivity contribution in [3.05, 3.63) is 24.3 Å². The van der Waals surface area contributed by atoms with Gasteiger partial charge in [0.1, 0.15) is 0 Å². The lowest BCUT2D eigenvalue weighted by Crippen LogP contribution is -2.14. The molecule has 0 aromatic heterocycles. The monoisotopic (exact) mass is 176 g/mol. The minimum Gasteiger partial charge on any atom is -0.0808 e. The normalized spacial score (nSPS) is 37.0. The van der Waals surface area contributed by atoms with E-state index in [2.05, 4.69) is 38.2 Å². The summed E-state index contributed by atoms with van der Waals surface area (Å²) in [5.41, 5.74) is 0. The zero-order chi connectivity index (χ0) is 9.26. The molecule has 3 atom stereocenters. The number of fused-ring (bicyclic) bond motifs is 1. The van der Waals surface area contributed by atoms with Crippen LogP contribution in [-0.4, -0.2) is 0 Å². The van der Waals surface area contributed by atoms with E-state index in [1.54, 1.807) is 0 Å². The largest absolute Gasteiger partial charge is 0.0808 e. The maximum Gasteiger partial charge on any atom is -0.0139 e. The molecule has 0 aliphatic heterocycles. The average Bonchev–Trinajstić information content (AvgIpc) is 2.48. The maximum absolute atomic E-state index is 2.44. The fraction of sp³-hybridized carbons (Fsp3) is 0.692. The highest BCUT2D eigenvalue weighted by atomic mass is 14.4. The summed E-state index contributed by atoms with van der Waals surface area (Å²) in [6.45, 7) is 4.69. The van der Waals surface area contributed by atoms with E-state index in [-0.39, 0.29) is 0 Å². The molecule has 0 amide bonds. The van der Waals surface area contributed by atoms with Crippen molar-refractivity contribution in [2.75, 3.05) is 0 Å². The van der Waals surface area contributed by atoms with Gasteiger partial charge < -0.3 is 0 Å². The molecule has 0 heterocycles. The fourth-order valence-corrected chi connectivity index (χ4v) is 2.95. The molecule has 1 saturated carbocycles. The Labute approximate surface area is 81.7 Å². The van der Waals surface area contributed by atoms with Crippen molar-refractivity contribution in [2.45, 2.75) is 33.1 Å². The fourth-order valence-electron chi connectivity index (χ4n) is 2.95. The smallest absolute Gasteiger partial charge is 0.0139 e. The van der Waals surface area contributed by atoms with Crippen molar-refractivity contribution in [2.24, 2.45) is 23.7 Å². The first-order chi connectivity index (χ1) is 6.27. The van der Waals surface area contributed by atoms with Gasteiger partial charge in [-0.05, 0) is 42.9 Å². The van der Waals surface area contributed by atoms with Gasteiger partial charge in [0.25, 0.3) is 0 Å². The molecule has 0 aromatic carbocycles. The van der Waals surface area contributed by atoms with Crippen molar-refractivity contribution in [1.29, 1.82) is 0 Å². The Balaban J connectivity index is 2.00. The summed E-state index contributed by atoms with van der Waals surface area (Å²) in [6.07, 6.45) is 13.6. The summed E-state index contributed by atoms with van der Waals surface area (Å²) in [5, 5.41) is 0. The van der Waals surface area contributed by atoms with Crippen molar-refractivity contribution < 1.29 is 0 Å². The highest BCUT2D eigenvalue weighted by Crippen LogP contribution is 2.43. The van der Waals surface area contributed by atoms with E-state index in [0.717, 1.165) is 23.7 Å². The summed E-state index contributed by atoms with van der Waals surface area (Å²) in [5.74, 6) is 3.57. The van der Waals surface area contributed by atoms with Gasteiger partial charge in [0.05, 0.1) is 0 Å². The average molecular weight is 176 g/mol. The van der Waals surface area contributed by atoms with Crippen LogP contribution in [0.1, 0.15) is 33.1 Å². The molecule has 0 saturated heterocycles. The molecule has 1 fully saturated rings. The predicted octanol–water partition coefficient (Wildman–Crippen LogP) is 3.80. The third-order valence-corrected chi connectivity index (χ3v) is 3.49. The molecule has 2 aliphatic rings. The predicted molar refractivity (Wildman–Crippen MR) is 57.4 cm³/mol. The molecular formula is C13H20. The zero-order valence-corrected chi connectivity index (χ0v) is 8.74. The Morgan fingerprint density at radius 3 is 2.69 bits per heavy atom. The van der Waals surface area contributed by atoms with Gasteiger partial charge in [-0.1, -0.05) is 38.2 Å². The second-order valence-corrected chi connectivity index (χ2v) is 4.98. The minimum absolute atomic E-state index is 0.864. The molecule has 0 aromatic rings. The number of hydrogen-bond acceptors (Lipinski definition) is 0. The van der Waals surface area contributed by atoms with E-state index in [1.165, 1.54) is 19.3 Å². The Morgan fingerprint density at radius 2 is 1.92 bits per heavy atom. The van der Waals surface area contributed by atoms with Crippen LogP contribution < -0.4 is 0 Å². The third-order valence-electron chi connectivity index (χ3n) is 3.49. The lowest BCUT2D eigenvalue weighted by molar-refractivity contribution is 0.347. The molecule has 0 heteroatoms. The van der Waals surface area contributed by atoms with Gasteiger partial charge >= 0.3 is 0 Å². The van der Waals surface area contributed by atoms with E-state index in [0.29, 0.717) is 0 Å². The summed E-state index contributed by atoms with van der Waals surface area (Å²) in [4.78, 5) is 0. The van der Waals surface area contributed by atoms with Crippen LogP contribution in [0.3, 0.4) is 0 Å². The van der Waals surface area contributed by atoms with Crippen LogP contribution in [0.2, 0.25) is 0 Å². The number of allylic oxidation sites excluding steroid dienone is 4. The van der Waals surface area contributed by atoms with Crippen LogP contribution in [0.5, 0.6) is 0 Å². The second kappa shape index (κ2) is 3.69. The van der Waals surface area contributed by atoms with E-state index in [9.17, 15) is 0 Å². The standard InChI is InChI=1S/C13H20/c1-10(2)9-12-8-7-11-5-3-4-6-13(11)12/h3-6,10-13H,7-9H2,1-2H3. The van der Waals surface area contributed by atoms with E-state index < -0.39 is 0 Å². The van der Waals surface area contributed by atoms with Crippen LogP contribution >= 0.6 is 0 Å². The Morgan fingerprint density at radius 1 is 1.15 bits per heavy atom.